The Labute approximate surface area is 108 Å². The smallest absolute Gasteiger partial charge is 0.341 e. The summed E-state index contributed by atoms with van der Waals surface area (Å²) in [4.78, 5) is 13.4. The van der Waals surface area contributed by atoms with Crippen LogP contribution in [0.5, 0.6) is 0 Å². The number of anilines is 1. The zero-order valence-corrected chi connectivity index (χ0v) is 11.5. The first-order chi connectivity index (χ1) is 8.51. The summed E-state index contributed by atoms with van der Waals surface area (Å²) in [6.07, 6.45) is 0. The Morgan fingerprint density at radius 3 is 2.56 bits per heavy atom. The summed E-state index contributed by atoms with van der Waals surface area (Å²) >= 11 is 0. The molecular formula is C12H22N4O2. The molecule has 102 valence electrons. The van der Waals surface area contributed by atoms with Crippen molar-refractivity contribution >= 4 is 11.8 Å². The molecule has 0 unspecified atom stereocenters. The van der Waals surface area contributed by atoms with E-state index in [2.05, 4.69) is 29.2 Å². The second kappa shape index (κ2) is 6.39. The number of likely N-dealkylation sites (N-methyl/N-ethyl adjacent to an activating group) is 1. The van der Waals surface area contributed by atoms with E-state index in [0.29, 0.717) is 18.1 Å². The van der Waals surface area contributed by atoms with Crippen LogP contribution < -0.4 is 5.32 Å². The lowest BCUT2D eigenvalue weighted by Crippen LogP contribution is -2.29. The van der Waals surface area contributed by atoms with Gasteiger partial charge in [-0.05, 0) is 20.0 Å². The lowest BCUT2D eigenvalue weighted by atomic mass is 10.2. The Morgan fingerprint density at radius 1 is 1.44 bits per heavy atom. The average molecular weight is 254 g/mol. The number of hydrogen-bond acceptors (Lipinski definition) is 4. The molecule has 1 heterocycles. The van der Waals surface area contributed by atoms with Gasteiger partial charge in [-0.25, -0.2) is 4.79 Å². The molecular weight excluding hydrogens is 232 g/mol. The van der Waals surface area contributed by atoms with E-state index in [9.17, 15) is 4.79 Å². The van der Waals surface area contributed by atoms with Crippen LogP contribution in [0.4, 0.5) is 5.82 Å². The third-order valence-electron chi connectivity index (χ3n) is 3.05. The van der Waals surface area contributed by atoms with Crippen molar-refractivity contribution in [1.29, 1.82) is 0 Å². The molecule has 0 aliphatic rings. The Hall–Kier alpha value is -1.56. The molecule has 0 bridgehead atoms. The van der Waals surface area contributed by atoms with Crippen molar-refractivity contribution in [2.45, 2.75) is 20.8 Å². The number of hydrogen-bond donors (Lipinski definition) is 2. The van der Waals surface area contributed by atoms with Gasteiger partial charge in [0.05, 0.1) is 5.69 Å². The summed E-state index contributed by atoms with van der Waals surface area (Å²) in [6, 6.07) is 0. The van der Waals surface area contributed by atoms with Crippen molar-refractivity contribution < 1.29 is 9.90 Å². The van der Waals surface area contributed by atoms with Gasteiger partial charge in [-0.15, -0.1) is 0 Å². The van der Waals surface area contributed by atoms with Crippen molar-refractivity contribution in [3.63, 3.8) is 0 Å². The summed E-state index contributed by atoms with van der Waals surface area (Å²) in [5.74, 6) is -0.363. The minimum absolute atomic E-state index is 0.261. The van der Waals surface area contributed by atoms with Gasteiger partial charge >= 0.3 is 5.97 Å². The Morgan fingerprint density at radius 2 is 2.06 bits per heavy atom. The first-order valence-corrected chi connectivity index (χ1v) is 6.24. The van der Waals surface area contributed by atoms with Crippen molar-refractivity contribution in [2.24, 2.45) is 7.05 Å². The Bertz CT molecular complexity index is 410. The number of rotatable bonds is 7. The molecule has 18 heavy (non-hydrogen) atoms. The van der Waals surface area contributed by atoms with E-state index < -0.39 is 5.97 Å². The largest absolute Gasteiger partial charge is 0.477 e. The highest BCUT2D eigenvalue weighted by Gasteiger charge is 2.19. The van der Waals surface area contributed by atoms with Crippen LogP contribution in [0.1, 0.15) is 29.9 Å². The van der Waals surface area contributed by atoms with Crippen molar-refractivity contribution in [3.05, 3.63) is 11.3 Å². The van der Waals surface area contributed by atoms with Crippen molar-refractivity contribution in [3.8, 4) is 0 Å². The molecule has 0 atom stereocenters. The van der Waals surface area contributed by atoms with E-state index in [1.54, 1.807) is 18.7 Å². The molecule has 2 N–H and O–H groups in total. The SMILES string of the molecule is CCN(CC)CCNc1c(C(=O)O)c(C)nn1C. The number of carboxylic acids is 1. The highest BCUT2D eigenvalue weighted by Crippen LogP contribution is 2.18. The van der Waals surface area contributed by atoms with E-state index >= 15 is 0 Å². The summed E-state index contributed by atoms with van der Waals surface area (Å²) in [5, 5.41) is 16.4. The third kappa shape index (κ3) is 3.22. The molecule has 1 aromatic heterocycles. The van der Waals surface area contributed by atoms with Gasteiger partial charge in [0.1, 0.15) is 11.4 Å². The Kier molecular flexibility index (Phi) is 5.15. The molecule has 0 aliphatic carbocycles. The van der Waals surface area contributed by atoms with Gasteiger partial charge in [0.15, 0.2) is 0 Å². The van der Waals surface area contributed by atoms with Gasteiger partial charge < -0.3 is 15.3 Å². The van der Waals surface area contributed by atoms with Crippen LogP contribution in [0.3, 0.4) is 0 Å². The maximum absolute atomic E-state index is 11.2. The average Bonchev–Trinajstić information content (AvgIpc) is 2.59. The van der Waals surface area contributed by atoms with Crippen LogP contribution in [0.15, 0.2) is 0 Å². The first kappa shape index (κ1) is 14.5. The maximum Gasteiger partial charge on any atom is 0.341 e. The van der Waals surface area contributed by atoms with Gasteiger partial charge in [-0.2, -0.15) is 5.10 Å². The number of carbonyl (C=O) groups is 1. The zero-order chi connectivity index (χ0) is 13.7. The fourth-order valence-corrected chi connectivity index (χ4v) is 1.99. The van der Waals surface area contributed by atoms with E-state index in [1.165, 1.54) is 0 Å². The second-order valence-corrected chi connectivity index (χ2v) is 4.19. The van der Waals surface area contributed by atoms with Gasteiger partial charge in [0.2, 0.25) is 0 Å². The van der Waals surface area contributed by atoms with E-state index in [4.69, 9.17) is 5.11 Å². The van der Waals surface area contributed by atoms with Crippen LogP contribution in [0.25, 0.3) is 0 Å². The molecule has 0 fully saturated rings. The molecule has 6 nitrogen and oxygen atoms in total. The topological polar surface area (TPSA) is 70.4 Å². The number of aromatic nitrogens is 2. The molecule has 1 rings (SSSR count). The summed E-state index contributed by atoms with van der Waals surface area (Å²) in [5.41, 5.74) is 0.799. The molecule has 0 aliphatic heterocycles. The van der Waals surface area contributed by atoms with E-state index in [-0.39, 0.29) is 5.56 Å². The number of aryl methyl sites for hydroxylation is 2. The number of nitrogens with zero attached hydrogens (tertiary/aromatic N) is 3. The Balaban J connectivity index is 2.70. The van der Waals surface area contributed by atoms with Crippen molar-refractivity contribution in [2.75, 3.05) is 31.5 Å². The quantitative estimate of drug-likeness (QED) is 0.764. The summed E-state index contributed by atoms with van der Waals surface area (Å²) in [6.45, 7) is 9.51. The molecule has 0 saturated heterocycles. The van der Waals surface area contributed by atoms with Crippen LogP contribution in [-0.4, -0.2) is 51.9 Å². The van der Waals surface area contributed by atoms with E-state index in [1.807, 2.05) is 0 Å². The highest BCUT2D eigenvalue weighted by atomic mass is 16.4. The molecule has 0 saturated carbocycles. The monoisotopic (exact) mass is 254 g/mol. The second-order valence-electron chi connectivity index (χ2n) is 4.19. The van der Waals surface area contributed by atoms with Gasteiger partial charge in [-0.3, -0.25) is 4.68 Å². The standard InChI is InChI=1S/C12H22N4O2/c1-5-16(6-2)8-7-13-11-10(12(17)18)9(3)14-15(11)4/h13H,5-8H2,1-4H3,(H,17,18). The number of nitrogens with one attached hydrogen (secondary N) is 1. The minimum Gasteiger partial charge on any atom is -0.477 e. The van der Waals surface area contributed by atoms with Gasteiger partial charge in [-0.1, -0.05) is 13.8 Å². The normalized spacial score (nSPS) is 10.9. The number of aromatic carboxylic acids is 1. The van der Waals surface area contributed by atoms with Crippen molar-refractivity contribution in [1.82, 2.24) is 14.7 Å². The van der Waals surface area contributed by atoms with Gasteiger partial charge in [0.25, 0.3) is 0 Å². The molecule has 6 heteroatoms. The molecule has 0 radical (unpaired) electrons. The summed E-state index contributed by atoms with van der Waals surface area (Å²) in [7, 11) is 1.75. The molecule has 0 amide bonds. The summed E-state index contributed by atoms with van der Waals surface area (Å²) < 4.78 is 1.58. The van der Waals surface area contributed by atoms with Gasteiger partial charge in [0, 0.05) is 20.1 Å². The van der Waals surface area contributed by atoms with E-state index in [0.717, 1.165) is 19.6 Å². The van der Waals surface area contributed by atoms with Crippen LogP contribution in [0, 0.1) is 6.92 Å². The molecule has 0 aromatic carbocycles. The maximum atomic E-state index is 11.2. The minimum atomic E-state index is -0.939. The van der Waals surface area contributed by atoms with Crippen LogP contribution in [-0.2, 0) is 7.05 Å². The highest BCUT2D eigenvalue weighted by molar-refractivity contribution is 5.94. The third-order valence-corrected chi connectivity index (χ3v) is 3.05. The first-order valence-electron chi connectivity index (χ1n) is 6.24. The molecule has 1 aromatic rings. The fourth-order valence-electron chi connectivity index (χ4n) is 1.99. The number of carboxylic acid groups (broad SMARTS) is 1. The van der Waals surface area contributed by atoms with Crippen LogP contribution >= 0.6 is 0 Å². The predicted molar refractivity (Wildman–Crippen MR) is 71.2 cm³/mol. The lowest BCUT2D eigenvalue weighted by Gasteiger charge is -2.18. The van der Waals surface area contributed by atoms with Crippen LogP contribution in [0.2, 0.25) is 0 Å². The lowest BCUT2D eigenvalue weighted by molar-refractivity contribution is 0.0697. The predicted octanol–water partition coefficient (Wildman–Crippen LogP) is 1.18. The fraction of sp³-hybridized carbons (Fsp3) is 0.667. The zero-order valence-electron chi connectivity index (χ0n) is 11.5. The molecule has 0 spiro atoms.